The first-order valence-electron chi connectivity index (χ1n) is 5.90. The van der Waals surface area contributed by atoms with Gasteiger partial charge in [0, 0.05) is 6.07 Å². The Morgan fingerprint density at radius 3 is 2.65 bits per heavy atom. The van der Waals surface area contributed by atoms with Gasteiger partial charge in [-0.1, -0.05) is 6.07 Å². The van der Waals surface area contributed by atoms with Crippen LogP contribution in [0.15, 0.2) is 18.2 Å². The highest BCUT2D eigenvalue weighted by atomic mass is 16.6. The lowest BCUT2D eigenvalue weighted by atomic mass is 10.1. The van der Waals surface area contributed by atoms with Crippen molar-refractivity contribution in [2.75, 3.05) is 0 Å². The number of hydrogen-bond donors (Lipinski definition) is 1. The van der Waals surface area contributed by atoms with Gasteiger partial charge in [-0.3, -0.25) is 29.8 Å². The van der Waals surface area contributed by atoms with E-state index in [4.69, 9.17) is 0 Å². The molecule has 1 N–H and O–H groups in total. The second kappa shape index (κ2) is 4.12. The predicted octanol–water partition coefficient (Wildman–Crippen LogP) is -0.0343. The number of fused-ring (bicyclic) bond motifs is 1. The zero-order valence-electron chi connectivity index (χ0n) is 10.2. The summed E-state index contributed by atoms with van der Waals surface area (Å²) in [7, 11) is 0. The lowest BCUT2D eigenvalue weighted by Gasteiger charge is -2.20. The van der Waals surface area contributed by atoms with Crippen molar-refractivity contribution < 1.29 is 19.3 Å². The number of hydrogen-bond acceptors (Lipinski definition) is 5. The van der Waals surface area contributed by atoms with Gasteiger partial charge >= 0.3 is 0 Å². The molecule has 0 aromatic heterocycles. The molecule has 0 bridgehead atoms. The Morgan fingerprint density at radius 1 is 1.30 bits per heavy atom. The molecular formula is C12H9N3O5. The van der Waals surface area contributed by atoms with Gasteiger partial charge in [-0.2, -0.15) is 0 Å². The molecule has 0 saturated carbocycles. The average molecular weight is 275 g/mol. The van der Waals surface area contributed by atoms with Gasteiger partial charge in [-0.15, -0.1) is 0 Å². The first-order valence-corrected chi connectivity index (χ1v) is 5.90. The summed E-state index contributed by atoms with van der Waals surface area (Å²) in [5, 5.41) is 13.1. The van der Waals surface area contributed by atoms with Crippen molar-refractivity contribution in [1.82, 2.24) is 10.2 Å². The smallest absolute Gasteiger partial charge is 0.275 e. The molecule has 0 radical (unpaired) electrons. The maximum atomic E-state index is 12.2. The summed E-state index contributed by atoms with van der Waals surface area (Å²) in [6.07, 6.45) is -0.105. The number of benzene rings is 1. The van der Waals surface area contributed by atoms with E-state index in [-0.39, 0.29) is 29.8 Å². The van der Waals surface area contributed by atoms with Crippen molar-refractivity contribution in [2.45, 2.75) is 19.0 Å². The number of amides is 3. The molecule has 8 nitrogen and oxygen atoms in total. The van der Waals surface area contributed by atoms with Gasteiger partial charge < -0.3 is 4.90 Å². The van der Waals surface area contributed by atoms with Crippen LogP contribution in [0.4, 0.5) is 5.69 Å². The normalized spacial score (nSPS) is 21.1. The van der Waals surface area contributed by atoms with Gasteiger partial charge in [0.15, 0.2) is 0 Å². The van der Waals surface area contributed by atoms with Gasteiger partial charge in [0.05, 0.1) is 29.0 Å². The van der Waals surface area contributed by atoms with Crippen LogP contribution in [0.25, 0.3) is 0 Å². The second-order valence-electron chi connectivity index (χ2n) is 4.63. The molecule has 0 spiro atoms. The Kier molecular flexibility index (Phi) is 2.53. The number of nitrogens with one attached hydrogen (secondary N) is 1. The molecule has 1 aromatic carbocycles. The zero-order chi connectivity index (χ0) is 14.4. The average Bonchev–Trinajstić information content (AvgIpc) is 2.89. The predicted molar refractivity (Wildman–Crippen MR) is 64.5 cm³/mol. The Bertz CT molecular complexity index is 669. The van der Waals surface area contributed by atoms with Gasteiger partial charge in [0.2, 0.25) is 11.8 Å². The summed E-state index contributed by atoms with van der Waals surface area (Å²) in [4.78, 5) is 46.6. The molecule has 0 aliphatic carbocycles. The Hall–Kier alpha value is -2.77. The van der Waals surface area contributed by atoms with E-state index in [1.54, 1.807) is 0 Å². The molecule has 2 heterocycles. The van der Waals surface area contributed by atoms with Crippen LogP contribution in [-0.2, 0) is 16.1 Å². The first kappa shape index (κ1) is 12.3. The number of nitro benzene ring substituents is 1. The maximum Gasteiger partial charge on any atom is 0.275 e. The molecule has 3 rings (SSSR count). The van der Waals surface area contributed by atoms with Gasteiger partial charge in [-0.25, -0.2) is 0 Å². The van der Waals surface area contributed by atoms with Crippen LogP contribution in [0, 0.1) is 10.1 Å². The highest BCUT2D eigenvalue weighted by Gasteiger charge is 2.43. The minimum atomic E-state index is -0.887. The summed E-state index contributed by atoms with van der Waals surface area (Å²) < 4.78 is 0. The van der Waals surface area contributed by atoms with E-state index < -0.39 is 28.7 Å². The summed E-state index contributed by atoms with van der Waals surface area (Å²) in [5.41, 5.74) is 0.351. The van der Waals surface area contributed by atoms with Crippen LogP contribution >= 0.6 is 0 Å². The molecule has 2 aliphatic heterocycles. The fraction of sp³-hybridized carbons (Fsp3) is 0.250. The molecule has 3 amide bonds. The lowest BCUT2D eigenvalue weighted by Crippen LogP contribution is -2.40. The summed E-state index contributed by atoms with van der Waals surface area (Å²) >= 11 is 0. The third-order valence-corrected chi connectivity index (χ3v) is 3.49. The SMILES string of the molecule is O=C1CC(N2Cc3c(cccc3[N+](=O)[O-])C2=O)C(=O)N1. The second-order valence-corrected chi connectivity index (χ2v) is 4.63. The molecule has 1 aromatic rings. The van der Waals surface area contributed by atoms with Gasteiger partial charge in [-0.05, 0) is 6.07 Å². The molecule has 1 unspecified atom stereocenters. The lowest BCUT2D eigenvalue weighted by molar-refractivity contribution is -0.385. The molecule has 1 saturated heterocycles. The number of rotatable bonds is 2. The van der Waals surface area contributed by atoms with Gasteiger partial charge in [0.25, 0.3) is 11.6 Å². The van der Waals surface area contributed by atoms with Crippen LogP contribution < -0.4 is 5.32 Å². The summed E-state index contributed by atoms with van der Waals surface area (Å²) in [5.74, 6) is -1.45. The van der Waals surface area contributed by atoms with Crippen molar-refractivity contribution >= 4 is 23.4 Å². The number of nitrogens with zero attached hydrogens (tertiary/aromatic N) is 2. The van der Waals surface area contributed by atoms with Crippen LogP contribution in [-0.4, -0.2) is 33.6 Å². The maximum absolute atomic E-state index is 12.2. The Labute approximate surface area is 112 Å². The van der Waals surface area contributed by atoms with Crippen molar-refractivity contribution in [3.63, 3.8) is 0 Å². The fourth-order valence-electron chi connectivity index (χ4n) is 2.55. The number of imide groups is 1. The standard InChI is InChI=1S/C12H9N3O5/c16-10-4-9(11(17)13-10)14-5-7-6(12(14)18)2-1-3-8(7)15(19)20/h1-3,9H,4-5H2,(H,13,16,17). The number of carbonyl (C=O) groups is 3. The Morgan fingerprint density at radius 2 is 2.05 bits per heavy atom. The molecule has 2 aliphatic rings. The van der Waals surface area contributed by atoms with Crippen LogP contribution in [0.5, 0.6) is 0 Å². The highest BCUT2D eigenvalue weighted by Crippen LogP contribution is 2.32. The molecule has 1 atom stereocenters. The van der Waals surface area contributed by atoms with Crippen LogP contribution in [0.1, 0.15) is 22.3 Å². The van der Waals surface area contributed by atoms with E-state index in [9.17, 15) is 24.5 Å². The largest absolute Gasteiger partial charge is 0.321 e. The molecule has 102 valence electrons. The van der Waals surface area contributed by atoms with Crippen molar-refractivity contribution in [3.05, 3.63) is 39.4 Å². The van der Waals surface area contributed by atoms with Crippen LogP contribution in [0.2, 0.25) is 0 Å². The van der Waals surface area contributed by atoms with E-state index in [0.717, 1.165) is 0 Å². The van der Waals surface area contributed by atoms with Crippen molar-refractivity contribution in [1.29, 1.82) is 0 Å². The summed E-state index contributed by atoms with van der Waals surface area (Å²) in [6.45, 7) is -0.0311. The summed E-state index contributed by atoms with van der Waals surface area (Å²) in [6, 6.07) is 3.34. The van der Waals surface area contributed by atoms with E-state index in [0.29, 0.717) is 0 Å². The van der Waals surface area contributed by atoms with Crippen molar-refractivity contribution in [2.24, 2.45) is 0 Å². The number of carbonyl (C=O) groups excluding carboxylic acids is 3. The van der Waals surface area contributed by atoms with Gasteiger partial charge in [0.1, 0.15) is 6.04 Å². The molecule has 8 heteroatoms. The molecule has 1 fully saturated rings. The first-order chi connectivity index (χ1) is 9.49. The van der Waals surface area contributed by atoms with E-state index >= 15 is 0 Å². The monoisotopic (exact) mass is 275 g/mol. The van der Waals surface area contributed by atoms with Crippen LogP contribution in [0.3, 0.4) is 0 Å². The minimum Gasteiger partial charge on any atom is -0.321 e. The quantitative estimate of drug-likeness (QED) is 0.463. The van der Waals surface area contributed by atoms with E-state index in [2.05, 4.69) is 5.32 Å². The van der Waals surface area contributed by atoms with E-state index in [1.807, 2.05) is 0 Å². The molecular weight excluding hydrogens is 266 g/mol. The topological polar surface area (TPSA) is 110 Å². The zero-order valence-corrected chi connectivity index (χ0v) is 10.2. The van der Waals surface area contributed by atoms with E-state index in [1.165, 1.54) is 23.1 Å². The third-order valence-electron chi connectivity index (χ3n) is 3.49. The fourth-order valence-corrected chi connectivity index (χ4v) is 2.55. The minimum absolute atomic E-state index is 0.0311. The Balaban J connectivity index is 1.99. The highest BCUT2D eigenvalue weighted by molar-refractivity contribution is 6.09. The number of nitro groups is 1. The molecule has 20 heavy (non-hydrogen) atoms. The third kappa shape index (κ3) is 1.65. The van der Waals surface area contributed by atoms with Crippen molar-refractivity contribution in [3.8, 4) is 0 Å².